The largest absolute Gasteiger partial charge is 0.370 e. The fourth-order valence-corrected chi connectivity index (χ4v) is 1.95. The monoisotopic (exact) mass is 385 g/mol. The van der Waals surface area contributed by atoms with Crippen LogP contribution in [0.5, 0.6) is 0 Å². The lowest BCUT2D eigenvalue weighted by atomic mass is 10.1. The van der Waals surface area contributed by atoms with Crippen molar-refractivity contribution in [3.63, 3.8) is 0 Å². The summed E-state index contributed by atoms with van der Waals surface area (Å²) in [4.78, 5) is 4.27. The summed E-state index contributed by atoms with van der Waals surface area (Å²) >= 11 is 0. The second-order valence-corrected chi connectivity index (χ2v) is 4.68. The van der Waals surface area contributed by atoms with E-state index < -0.39 is 0 Å². The molecule has 0 amide bonds. The smallest absolute Gasteiger partial charge is 0.193 e. The van der Waals surface area contributed by atoms with Crippen molar-refractivity contribution in [3.8, 4) is 0 Å². The first-order valence-electron chi connectivity index (χ1n) is 6.17. The second kappa shape index (κ2) is 7.28. The minimum absolute atomic E-state index is 0. The van der Waals surface area contributed by atoms with Crippen molar-refractivity contribution in [2.75, 3.05) is 5.32 Å². The lowest BCUT2D eigenvalue weighted by molar-refractivity contribution is 0.743. The maximum Gasteiger partial charge on any atom is 0.193 e. The zero-order chi connectivity index (χ0) is 13.8. The average molecular weight is 385 g/mol. The Bertz CT molecular complexity index is 583. The molecule has 1 aromatic heterocycles. The van der Waals surface area contributed by atoms with Crippen molar-refractivity contribution in [3.05, 3.63) is 47.3 Å². The number of nitrogens with zero attached hydrogens (tertiary/aromatic N) is 3. The molecular weight excluding hydrogens is 365 g/mol. The van der Waals surface area contributed by atoms with E-state index in [1.54, 1.807) is 4.68 Å². The molecule has 108 valence electrons. The van der Waals surface area contributed by atoms with E-state index in [0.29, 0.717) is 12.5 Å². The molecule has 0 saturated heterocycles. The molecule has 0 aliphatic rings. The van der Waals surface area contributed by atoms with Crippen molar-refractivity contribution >= 4 is 35.6 Å². The molecule has 0 spiro atoms. The van der Waals surface area contributed by atoms with Gasteiger partial charge in [-0.1, -0.05) is 6.07 Å². The molecule has 0 atom stereocenters. The molecule has 0 aliphatic carbocycles. The van der Waals surface area contributed by atoms with E-state index in [-0.39, 0.29) is 24.0 Å². The maximum atomic E-state index is 5.86. The molecule has 6 heteroatoms. The van der Waals surface area contributed by atoms with Crippen molar-refractivity contribution in [2.45, 2.75) is 20.4 Å². The highest BCUT2D eigenvalue weighted by Gasteiger charge is 1.99. The van der Waals surface area contributed by atoms with Crippen molar-refractivity contribution in [1.82, 2.24) is 9.78 Å². The fraction of sp³-hybridized carbons (Fsp3) is 0.286. The first-order chi connectivity index (χ1) is 9.02. The number of aryl methyl sites for hydroxylation is 3. The van der Waals surface area contributed by atoms with E-state index in [0.717, 1.165) is 11.4 Å². The first kappa shape index (κ1) is 16.5. The van der Waals surface area contributed by atoms with Crippen molar-refractivity contribution < 1.29 is 0 Å². The van der Waals surface area contributed by atoms with E-state index in [1.165, 1.54) is 11.1 Å². The summed E-state index contributed by atoms with van der Waals surface area (Å²) in [6.07, 6.45) is 1.89. The third-order valence-electron chi connectivity index (χ3n) is 2.67. The summed E-state index contributed by atoms with van der Waals surface area (Å²) in [5, 5.41) is 7.34. The van der Waals surface area contributed by atoms with Crippen LogP contribution in [0.1, 0.15) is 16.8 Å². The Labute approximate surface area is 136 Å². The van der Waals surface area contributed by atoms with E-state index in [9.17, 15) is 0 Å². The highest BCUT2D eigenvalue weighted by molar-refractivity contribution is 14.0. The van der Waals surface area contributed by atoms with Gasteiger partial charge in [0, 0.05) is 18.9 Å². The van der Waals surface area contributed by atoms with Gasteiger partial charge >= 0.3 is 0 Å². The van der Waals surface area contributed by atoms with Crippen LogP contribution < -0.4 is 11.1 Å². The molecule has 0 unspecified atom stereocenters. The van der Waals surface area contributed by atoms with E-state index in [4.69, 9.17) is 5.73 Å². The zero-order valence-electron chi connectivity index (χ0n) is 11.9. The summed E-state index contributed by atoms with van der Waals surface area (Å²) in [5.41, 5.74) is 10.1. The molecule has 2 aromatic rings. The lowest BCUT2D eigenvalue weighted by Gasteiger charge is -2.07. The Balaban J connectivity index is 0.00000200. The molecule has 0 fully saturated rings. The van der Waals surface area contributed by atoms with Crippen LogP contribution >= 0.6 is 24.0 Å². The quantitative estimate of drug-likeness (QED) is 0.485. The molecule has 1 heterocycles. The number of halogens is 1. The van der Waals surface area contributed by atoms with Crippen molar-refractivity contribution in [1.29, 1.82) is 0 Å². The molecule has 20 heavy (non-hydrogen) atoms. The molecule has 0 saturated carbocycles. The minimum atomic E-state index is 0. The van der Waals surface area contributed by atoms with Crippen LogP contribution in [0, 0.1) is 13.8 Å². The predicted molar refractivity (Wildman–Crippen MR) is 93.5 cm³/mol. The number of hydrogen-bond donors (Lipinski definition) is 2. The maximum absolute atomic E-state index is 5.86. The number of nitrogens with two attached hydrogens (primary N) is 1. The van der Waals surface area contributed by atoms with Gasteiger partial charge in [-0.05, 0) is 43.2 Å². The Kier molecular flexibility index (Phi) is 6.00. The Morgan fingerprint density at radius 2 is 1.95 bits per heavy atom. The molecule has 5 nitrogen and oxygen atoms in total. The summed E-state index contributed by atoms with van der Waals surface area (Å²) in [5.74, 6) is 0.399. The number of anilines is 1. The molecule has 1 aromatic carbocycles. The van der Waals surface area contributed by atoms with Gasteiger partial charge in [0.25, 0.3) is 0 Å². The fourth-order valence-electron chi connectivity index (χ4n) is 1.95. The first-order valence-corrected chi connectivity index (χ1v) is 6.17. The van der Waals surface area contributed by atoms with E-state index in [2.05, 4.69) is 35.3 Å². The number of benzene rings is 1. The van der Waals surface area contributed by atoms with Gasteiger partial charge in [0.1, 0.15) is 0 Å². The van der Waals surface area contributed by atoms with Crippen molar-refractivity contribution in [2.24, 2.45) is 17.8 Å². The van der Waals surface area contributed by atoms with Crippen LogP contribution in [0.3, 0.4) is 0 Å². The topological polar surface area (TPSA) is 68.2 Å². The third kappa shape index (κ3) is 4.84. The normalized spacial score (nSPS) is 11.1. The standard InChI is InChI=1S/C14H19N5.HI/c1-10-6-11(2)8-13(7-10)17-14(15)16-9-12-4-5-19(3)18-12;/h4-8H,9H2,1-3H3,(H3,15,16,17);1H. The number of aliphatic imine (C=N–C) groups is 1. The molecule has 0 radical (unpaired) electrons. The Hall–Kier alpha value is -1.57. The minimum Gasteiger partial charge on any atom is -0.370 e. The zero-order valence-corrected chi connectivity index (χ0v) is 14.3. The lowest BCUT2D eigenvalue weighted by Crippen LogP contribution is -2.22. The second-order valence-electron chi connectivity index (χ2n) is 4.68. The summed E-state index contributed by atoms with van der Waals surface area (Å²) in [7, 11) is 1.88. The predicted octanol–water partition coefficient (Wildman–Crippen LogP) is 2.58. The average Bonchev–Trinajstić information content (AvgIpc) is 2.71. The summed E-state index contributed by atoms with van der Waals surface area (Å²) in [6.45, 7) is 4.59. The summed E-state index contributed by atoms with van der Waals surface area (Å²) < 4.78 is 1.75. The number of nitrogens with one attached hydrogen (secondary N) is 1. The molecule has 0 bridgehead atoms. The highest BCUT2D eigenvalue weighted by atomic mass is 127. The number of hydrogen-bond acceptors (Lipinski definition) is 2. The van der Waals surface area contributed by atoms with Gasteiger partial charge in [-0.25, -0.2) is 4.99 Å². The van der Waals surface area contributed by atoms with Gasteiger partial charge in [0.2, 0.25) is 0 Å². The number of aromatic nitrogens is 2. The molecule has 2 rings (SSSR count). The van der Waals surface area contributed by atoms with Gasteiger partial charge in [-0.3, -0.25) is 4.68 Å². The van der Waals surface area contributed by atoms with Crippen LogP contribution in [0.4, 0.5) is 5.69 Å². The molecule has 0 aliphatic heterocycles. The third-order valence-corrected chi connectivity index (χ3v) is 2.67. The molecule has 3 N–H and O–H groups in total. The van der Waals surface area contributed by atoms with Crippen LogP contribution in [0.15, 0.2) is 35.5 Å². The van der Waals surface area contributed by atoms with Gasteiger partial charge in [0.15, 0.2) is 5.96 Å². The van der Waals surface area contributed by atoms with E-state index >= 15 is 0 Å². The van der Waals surface area contributed by atoms with Gasteiger partial charge in [-0.15, -0.1) is 24.0 Å². The van der Waals surface area contributed by atoms with Crippen LogP contribution in [0.25, 0.3) is 0 Å². The van der Waals surface area contributed by atoms with Crippen LogP contribution in [0.2, 0.25) is 0 Å². The van der Waals surface area contributed by atoms with Gasteiger partial charge in [-0.2, -0.15) is 5.10 Å². The van der Waals surface area contributed by atoms with Crippen LogP contribution in [-0.2, 0) is 13.6 Å². The van der Waals surface area contributed by atoms with E-state index in [1.807, 2.05) is 31.4 Å². The number of rotatable bonds is 3. The van der Waals surface area contributed by atoms with Gasteiger partial charge in [0.05, 0.1) is 12.2 Å². The van der Waals surface area contributed by atoms with Crippen LogP contribution in [-0.4, -0.2) is 15.7 Å². The van der Waals surface area contributed by atoms with Gasteiger partial charge < -0.3 is 11.1 Å². The highest BCUT2D eigenvalue weighted by Crippen LogP contribution is 2.13. The Morgan fingerprint density at radius 1 is 1.30 bits per heavy atom. The Morgan fingerprint density at radius 3 is 2.50 bits per heavy atom. The molecular formula is C14H20IN5. The number of guanidine groups is 1. The summed E-state index contributed by atoms with van der Waals surface area (Å²) in [6, 6.07) is 8.12. The SMILES string of the molecule is Cc1cc(C)cc(NC(N)=NCc2ccn(C)n2)c1.I.